The van der Waals surface area contributed by atoms with E-state index in [4.69, 9.17) is 10.2 Å². The molecule has 1 rings (SSSR count). The van der Waals surface area contributed by atoms with Gasteiger partial charge in [0.05, 0.1) is 0 Å². The molecule has 0 aliphatic heterocycles. The summed E-state index contributed by atoms with van der Waals surface area (Å²) in [5.41, 5.74) is 0. The first kappa shape index (κ1) is 15.8. The van der Waals surface area contributed by atoms with Crippen molar-refractivity contribution in [2.75, 3.05) is 0 Å². The van der Waals surface area contributed by atoms with Gasteiger partial charge in [-0.2, -0.15) is 0 Å². The zero-order valence-electron chi connectivity index (χ0n) is 8.33. The van der Waals surface area contributed by atoms with Gasteiger partial charge in [-0.1, -0.05) is 38.5 Å². The first-order chi connectivity index (χ1) is 5.64. The third kappa shape index (κ3) is 12.4. The topological polar surface area (TPSA) is 57.5 Å². The predicted octanol–water partition coefficient (Wildman–Crippen LogP) is 0.876. The molecule has 1 aliphatic rings. The molecule has 0 spiro atoms. The van der Waals surface area contributed by atoms with E-state index in [9.17, 15) is 4.79 Å². The zero-order chi connectivity index (χ0) is 9.40. The Bertz CT molecular complexity index is 111. The Morgan fingerprint density at radius 3 is 1.31 bits per heavy atom. The van der Waals surface area contributed by atoms with Gasteiger partial charge in [-0.25, -0.2) is 4.79 Å². The van der Waals surface area contributed by atoms with Gasteiger partial charge in [-0.3, -0.25) is 0 Å². The molecule has 3 nitrogen and oxygen atoms in total. The summed E-state index contributed by atoms with van der Waals surface area (Å²) in [7, 11) is 0. The molecule has 0 saturated heterocycles. The van der Waals surface area contributed by atoms with E-state index in [0.29, 0.717) is 0 Å². The normalized spacial score (nSPS) is 17.4. The average Bonchev–Trinajstić information content (AvgIpc) is 2.08. The average molecular weight is 383 g/mol. The maximum atomic E-state index is 9.45. The molecule has 1 atom stereocenters. The second-order valence-corrected chi connectivity index (χ2v) is 3.14. The summed E-state index contributed by atoms with van der Waals surface area (Å²) in [4.78, 5) is 9.45. The van der Waals surface area contributed by atoms with Gasteiger partial charge < -0.3 is 10.2 Å². The van der Waals surface area contributed by atoms with Crippen LogP contribution in [-0.4, -0.2) is 49.6 Å². The third-order valence-corrected chi connectivity index (χ3v) is 1.86. The van der Waals surface area contributed by atoms with Crippen LogP contribution in [0.1, 0.15) is 45.4 Å². The zero-order valence-corrected chi connectivity index (χ0v) is 13.8. The van der Waals surface area contributed by atoms with E-state index in [1.54, 1.807) is 0 Å². The van der Waals surface area contributed by atoms with Gasteiger partial charge >= 0.3 is 33.3 Å². The molecular formula is C9H20O3Pb. The fraction of sp³-hybridized carbons (Fsp3) is 0.889. The molecule has 2 radical (unpaired) electrons. The van der Waals surface area contributed by atoms with E-state index in [0.717, 1.165) is 0 Å². The van der Waals surface area contributed by atoms with Gasteiger partial charge in [0.25, 0.3) is 0 Å². The number of aliphatic carboxylic acids is 1. The Kier molecular flexibility index (Phi) is 12.7. The molecule has 4 heteroatoms. The number of aliphatic hydroxyl groups excluding tert-OH is 1. The quantitative estimate of drug-likeness (QED) is 0.661. The van der Waals surface area contributed by atoms with E-state index in [2.05, 4.69) is 0 Å². The summed E-state index contributed by atoms with van der Waals surface area (Å²) >= 11 is 0. The standard InChI is InChI=1S/C6H12.C3H6O3.Pb.2H/c1-2-4-6-5-3-1;1-2(4)3(5)6;;;/h1-6H2;2,4H,1H3,(H,5,6);;;. The van der Waals surface area contributed by atoms with Crippen LogP contribution in [0.25, 0.3) is 0 Å². The van der Waals surface area contributed by atoms with Crippen molar-refractivity contribution in [2.24, 2.45) is 0 Å². The summed E-state index contributed by atoms with van der Waals surface area (Å²) in [5, 5.41) is 15.8. The van der Waals surface area contributed by atoms with Gasteiger partial charge in [0.2, 0.25) is 0 Å². The first-order valence-corrected chi connectivity index (χ1v) is 4.55. The molecule has 78 valence electrons. The summed E-state index contributed by atoms with van der Waals surface area (Å²) in [6.45, 7) is 1.20. The van der Waals surface area contributed by atoms with Crippen molar-refractivity contribution in [2.45, 2.75) is 51.6 Å². The number of carbonyl (C=O) groups is 1. The molecule has 0 aromatic heterocycles. The molecule has 0 bridgehead atoms. The van der Waals surface area contributed by atoms with E-state index in [-0.39, 0.29) is 27.3 Å². The molecular weight excluding hydrogens is 363 g/mol. The molecule has 1 unspecified atom stereocenters. The number of hydrogen-bond donors (Lipinski definition) is 2. The van der Waals surface area contributed by atoms with Crippen LogP contribution in [0.2, 0.25) is 0 Å². The molecule has 1 aliphatic carbocycles. The Morgan fingerprint density at radius 1 is 1.08 bits per heavy atom. The minimum absolute atomic E-state index is 0. The number of hydrogen-bond acceptors (Lipinski definition) is 2. The van der Waals surface area contributed by atoms with Crippen LogP contribution in [0.3, 0.4) is 0 Å². The van der Waals surface area contributed by atoms with E-state index >= 15 is 0 Å². The van der Waals surface area contributed by atoms with Gasteiger partial charge in [-0.05, 0) is 6.92 Å². The third-order valence-electron chi connectivity index (χ3n) is 1.86. The number of carboxylic acids is 1. The van der Waals surface area contributed by atoms with Gasteiger partial charge in [0.1, 0.15) is 6.10 Å². The Labute approximate surface area is 99.7 Å². The SMILES string of the molecule is C1CCCCC1.CC(O)C(=O)O.[PbH2]. The molecule has 0 aromatic carbocycles. The van der Waals surface area contributed by atoms with Crippen LogP contribution < -0.4 is 0 Å². The minimum atomic E-state index is -1.23. The fourth-order valence-corrected chi connectivity index (χ4v) is 1.06. The van der Waals surface area contributed by atoms with Crippen molar-refractivity contribution in [3.8, 4) is 0 Å². The monoisotopic (exact) mass is 384 g/mol. The van der Waals surface area contributed by atoms with Gasteiger partial charge in [0, 0.05) is 0 Å². The Balaban J connectivity index is 0. The molecule has 13 heavy (non-hydrogen) atoms. The van der Waals surface area contributed by atoms with Crippen molar-refractivity contribution < 1.29 is 15.0 Å². The molecule has 0 amide bonds. The van der Waals surface area contributed by atoms with Gasteiger partial charge in [0.15, 0.2) is 0 Å². The predicted molar refractivity (Wildman–Crippen MR) is 55.6 cm³/mol. The second kappa shape index (κ2) is 10.4. The van der Waals surface area contributed by atoms with Crippen LogP contribution >= 0.6 is 0 Å². The molecule has 1 fully saturated rings. The number of carboxylic acid groups (broad SMARTS) is 1. The van der Waals surface area contributed by atoms with E-state index in [1.807, 2.05) is 0 Å². The van der Waals surface area contributed by atoms with Crippen LogP contribution in [-0.2, 0) is 4.79 Å². The van der Waals surface area contributed by atoms with Gasteiger partial charge in [-0.15, -0.1) is 0 Å². The first-order valence-electron chi connectivity index (χ1n) is 4.55. The molecule has 0 aromatic rings. The molecule has 0 heterocycles. The van der Waals surface area contributed by atoms with Crippen LogP contribution in [0.4, 0.5) is 0 Å². The Hall–Kier alpha value is 0.352. The maximum absolute atomic E-state index is 9.45. The number of rotatable bonds is 1. The van der Waals surface area contributed by atoms with Crippen LogP contribution in [0.5, 0.6) is 0 Å². The van der Waals surface area contributed by atoms with Crippen molar-refractivity contribution in [3.63, 3.8) is 0 Å². The van der Waals surface area contributed by atoms with Crippen molar-refractivity contribution >= 4 is 33.3 Å². The fourth-order valence-electron chi connectivity index (χ4n) is 1.06. The molecule has 2 N–H and O–H groups in total. The van der Waals surface area contributed by atoms with E-state index < -0.39 is 12.1 Å². The summed E-state index contributed by atoms with van der Waals surface area (Å²) in [6, 6.07) is 0. The van der Waals surface area contributed by atoms with Crippen molar-refractivity contribution in [1.82, 2.24) is 0 Å². The van der Waals surface area contributed by atoms with Crippen molar-refractivity contribution in [1.29, 1.82) is 0 Å². The Morgan fingerprint density at radius 2 is 1.23 bits per heavy atom. The number of aliphatic hydroxyl groups is 1. The van der Waals surface area contributed by atoms with Crippen LogP contribution in [0.15, 0.2) is 0 Å². The molecule has 1 saturated carbocycles. The summed E-state index contributed by atoms with van der Waals surface area (Å²) < 4.78 is 0. The van der Waals surface area contributed by atoms with Crippen LogP contribution in [0, 0.1) is 0 Å². The summed E-state index contributed by atoms with van der Waals surface area (Å²) in [6.07, 6.45) is 7.77. The van der Waals surface area contributed by atoms with E-state index in [1.165, 1.54) is 45.4 Å². The second-order valence-electron chi connectivity index (χ2n) is 3.14. The summed E-state index contributed by atoms with van der Waals surface area (Å²) in [5.74, 6) is -1.19. The van der Waals surface area contributed by atoms with Crippen molar-refractivity contribution in [3.05, 3.63) is 0 Å².